The van der Waals surface area contributed by atoms with Crippen LogP contribution in [-0.2, 0) is 0 Å². The minimum Gasteiger partial charge on any atom is -0.478 e. The summed E-state index contributed by atoms with van der Waals surface area (Å²) < 4.78 is 0. The molecular formula is C14H20N2O3. The highest BCUT2D eigenvalue weighted by Gasteiger charge is 2.23. The molecule has 5 nitrogen and oxygen atoms in total. The van der Waals surface area contributed by atoms with Gasteiger partial charge in [-0.15, -0.1) is 0 Å². The van der Waals surface area contributed by atoms with Crippen molar-refractivity contribution < 1.29 is 15.0 Å². The molecule has 1 atom stereocenters. The summed E-state index contributed by atoms with van der Waals surface area (Å²) in [5.74, 6) is -1.02. The summed E-state index contributed by atoms with van der Waals surface area (Å²) in [7, 11) is 0. The Kier molecular flexibility index (Phi) is 4.27. The fraction of sp³-hybridized carbons (Fsp3) is 0.500. The topological polar surface area (TPSA) is 86.8 Å². The molecule has 0 saturated carbocycles. The maximum Gasteiger partial charge on any atom is 0.337 e. The molecule has 0 radical (unpaired) electrons. The van der Waals surface area contributed by atoms with Gasteiger partial charge in [0.1, 0.15) is 0 Å². The Labute approximate surface area is 112 Å². The van der Waals surface area contributed by atoms with Crippen molar-refractivity contribution in [1.82, 2.24) is 0 Å². The van der Waals surface area contributed by atoms with Crippen molar-refractivity contribution in [2.75, 3.05) is 23.8 Å². The lowest BCUT2D eigenvalue weighted by Gasteiger charge is -2.32. The standard InChI is InChI=1S/C14H20N2O3/c15-13-11(14(18)19)6-4-7-12(13)16-8-3-1-2-5-10(16)9-17/h4,6-7,10,17H,1-3,5,8-9,15H2,(H,18,19). The lowest BCUT2D eigenvalue weighted by molar-refractivity contribution is 0.0698. The Morgan fingerprint density at radius 2 is 2.16 bits per heavy atom. The van der Waals surface area contributed by atoms with E-state index in [9.17, 15) is 9.90 Å². The average Bonchev–Trinajstić information content (AvgIpc) is 2.63. The average molecular weight is 264 g/mol. The van der Waals surface area contributed by atoms with Crippen molar-refractivity contribution in [3.05, 3.63) is 23.8 Å². The zero-order valence-electron chi connectivity index (χ0n) is 10.9. The van der Waals surface area contributed by atoms with Gasteiger partial charge >= 0.3 is 5.97 Å². The number of rotatable bonds is 3. The summed E-state index contributed by atoms with van der Waals surface area (Å²) in [4.78, 5) is 13.2. The molecule has 1 aliphatic heterocycles. The highest BCUT2D eigenvalue weighted by atomic mass is 16.4. The zero-order valence-corrected chi connectivity index (χ0v) is 10.9. The minimum atomic E-state index is -1.02. The fourth-order valence-electron chi connectivity index (χ4n) is 2.67. The largest absolute Gasteiger partial charge is 0.478 e. The number of carboxylic acid groups (broad SMARTS) is 1. The van der Waals surface area contributed by atoms with Gasteiger partial charge in [0.25, 0.3) is 0 Å². The highest BCUT2D eigenvalue weighted by Crippen LogP contribution is 2.31. The fourth-order valence-corrected chi connectivity index (χ4v) is 2.67. The molecule has 19 heavy (non-hydrogen) atoms. The maximum absolute atomic E-state index is 11.1. The first-order valence-electron chi connectivity index (χ1n) is 6.64. The van der Waals surface area contributed by atoms with Crippen molar-refractivity contribution in [1.29, 1.82) is 0 Å². The quantitative estimate of drug-likeness (QED) is 0.723. The van der Waals surface area contributed by atoms with Crippen LogP contribution in [-0.4, -0.2) is 35.4 Å². The number of aliphatic hydroxyl groups is 1. The zero-order chi connectivity index (χ0) is 13.8. The van der Waals surface area contributed by atoms with E-state index >= 15 is 0 Å². The van der Waals surface area contributed by atoms with Crippen LogP contribution in [0.15, 0.2) is 18.2 Å². The van der Waals surface area contributed by atoms with E-state index in [0.717, 1.165) is 37.9 Å². The van der Waals surface area contributed by atoms with E-state index in [2.05, 4.69) is 4.90 Å². The molecule has 104 valence electrons. The van der Waals surface area contributed by atoms with E-state index < -0.39 is 5.97 Å². The summed E-state index contributed by atoms with van der Waals surface area (Å²) in [6, 6.07) is 5.06. The Balaban J connectivity index is 2.38. The van der Waals surface area contributed by atoms with Crippen molar-refractivity contribution in [2.24, 2.45) is 0 Å². The van der Waals surface area contributed by atoms with Gasteiger partial charge in [0, 0.05) is 6.54 Å². The van der Waals surface area contributed by atoms with Crippen LogP contribution in [0.25, 0.3) is 0 Å². The molecule has 4 N–H and O–H groups in total. The van der Waals surface area contributed by atoms with E-state index in [4.69, 9.17) is 10.8 Å². The van der Waals surface area contributed by atoms with Crippen LogP contribution in [0.5, 0.6) is 0 Å². The van der Waals surface area contributed by atoms with E-state index in [1.165, 1.54) is 6.07 Å². The first kappa shape index (κ1) is 13.7. The van der Waals surface area contributed by atoms with Crippen LogP contribution in [0.2, 0.25) is 0 Å². The third-order valence-electron chi connectivity index (χ3n) is 3.71. The van der Waals surface area contributed by atoms with E-state index in [1.807, 2.05) is 6.07 Å². The lowest BCUT2D eigenvalue weighted by Crippen LogP contribution is -2.38. The number of hydrogen-bond donors (Lipinski definition) is 3. The minimum absolute atomic E-state index is 0.0221. The van der Waals surface area contributed by atoms with Gasteiger partial charge < -0.3 is 20.8 Å². The lowest BCUT2D eigenvalue weighted by atomic mass is 10.1. The molecule has 1 unspecified atom stereocenters. The summed E-state index contributed by atoms with van der Waals surface area (Å²) in [5, 5.41) is 18.6. The molecule has 0 aliphatic carbocycles. The molecule has 1 aromatic carbocycles. The number of aromatic carboxylic acids is 1. The number of nitrogens with zero attached hydrogens (tertiary/aromatic N) is 1. The third kappa shape index (κ3) is 2.81. The molecule has 2 rings (SSSR count). The van der Waals surface area contributed by atoms with Crippen LogP contribution in [0.1, 0.15) is 36.0 Å². The van der Waals surface area contributed by atoms with Gasteiger partial charge in [-0.2, -0.15) is 0 Å². The monoisotopic (exact) mass is 264 g/mol. The van der Waals surface area contributed by atoms with Gasteiger partial charge in [0.15, 0.2) is 0 Å². The van der Waals surface area contributed by atoms with Crippen LogP contribution in [0, 0.1) is 0 Å². The number of benzene rings is 1. The molecule has 1 aliphatic rings. The van der Waals surface area contributed by atoms with Crippen molar-refractivity contribution in [3.63, 3.8) is 0 Å². The van der Waals surface area contributed by atoms with E-state index in [-0.39, 0.29) is 23.9 Å². The van der Waals surface area contributed by atoms with Crippen LogP contribution in [0.3, 0.4) is 0 Å². The smallest absolute Gasteiger partial charge is 0.337 e. The van der Waals surface area contributed by atoms with Crippen molar-refractivity contribution >= 4 is 17.3 Å². The molecule has 0 spiro atoms. The third-order valence-corrected chi connectivity index (χ3v) is 3.71. The summed E-state index contributed by atoms with van der Waals surface area (Å²) in [5.41, 5.74) is 7.11. The van der Waals surface area contributed by atoms with Gasteiger partial charge in [-0.25, -0.2) is 4.79 Å². The second kappa shape index (κ2) is 5.93. The Hall–Kier alpha value is -1.75. The van der Waals surface area contributed by atoms with Gasteiger partial charge in [-0.3, -0.25) is 0 Å². The van der Waals surface area contributed by atoms with E-state index in [0.29, 0.717) is 0 Å². The molecule has 1 saturated heterocycles. The molecular weight excluding hydrogens is 244 g/mol. The Bertz CT molecular complexity index is 462. The predicted octanol–water partition coefficient (Wildman–Crippen LogP) is 1.71. The highest BCUT2D eigenvalue weighted by molar-refractivity contribution is 5.97. The van der Waals surface area contributed by atoms with Gasteiger partial charge in [-0.1, -0.05) is 18.9 Å². The van der Waals surface area contributed by atoms with Crippen molar-refractivity contribution in [3.8, 4) is 0 Å². The first-order chi connectivity index (χ1) is 9.15. The number of nitrogen functional groups attached to an aromatic ring is 1. The van der Waals surface area contributed by atoms with Gasteiger partial charge in [0.05, 0.1) is 29.6 Å². The molecule has 5 heteroatoms. The summed E-state index contributed by atoms with van der Waals surface area (Å²) in [6.45, 7) is 0.870. The number of carbonyl (C=O) groups is 1. The van der Waals surface area contributed by atoms with Crippen molar-refractivity contribution in [2.45, 2.75) is 31.7 Å². The number of para-hydroxylation sites is 1. The normalized spacial score (nSPS) is 20.1. The predicted molar refractivity (Wildman–Crippen MR) is 74.5 cm³/mol. The second-order valence-corrected chi connectivity index (χ2v) is 4.92. The number of nitrogens with two attached hydrogens (primary N) is 1. The Morgan fingerprint density at radius 1 is 1.37 bits per heavy atom. The maximum atomic E-state index is 11.1. The van der Waals surface area contributed by atoms with Gasteiger partial charge in [0.2, 0.25) is 0 Å². The SMILES string of the molecule is Nc1c(C(=O)O)cccc1N1CCCCCC1CO. The molecule has 1 aromatic rings. The van der Waals surface area contributed by atoms with Gasteiger partial charge in [-0.05, 0) is 25.0 Å². The molecule has 0 amide bonds. The number of carboxylic acids is 1. The Morgan fingerprint density at radius 3 is 2.84 bits per heavy atom. The molecule has 0 bridgehead atoms. The number of aliphatic hydroxyl groups excluding tert-OH is 1. The second-order valence-electron chi connectivity index (χ2n) is 4.92. The number of anilines is 2. The molecule has 1 fully saturated rings. The number of hydrogen-bond acceptors (Lipinski definition) is 4. The van der Waals surface area contributed by atoms with E-state index in [1.54, 1.807) is 6.07 Å². The van der Waals surface area contributed by atoms with Crippen LogP contribution < -0.4 is 10.6 Å². The van der Waals surface area contributed by atoms with Crippen LogP contribution in [0.4, 0.5) is 11.4 Å². The first-order valence-corrected chi connectivity index (χ1v) is 6.64. The summed E-state index contributed by atoms with van der Waals surface area (Å²) >= 11 is 0. The molecule has 0 aromatic heterocycles. The molecule has 1 heterocycles. The van der Waals surface area contributed by atoms with Crippen LogP contribution >= 0.6 is 0 Å². The summed E-state index contributed by atoms with van der Waals surface area (Å²) in [6.07, 6.45) is 4.16.